The Morgan fingerprint density at radius 2 is 1.70 bits per heavy atom. The number of benzene rings is 2. The average molecular weight is 278 g/mol. The van der Waals surface area contributed by atoms with Gasteiger partial charge in [0, 0.05) is 5.69 Å². The molecule has 0 N–H and O–H groups in total. The predicted octanol–water partition coefficient (Wildman–Crippen LogP) is 3.78. The zero-order valence-corrected chi connectivity index (χ0v) is 10.4. The van der Waals surface area contributed by atoms with Crippen LogP contribution in [0.15, 0.2) is 54.6 Å². The molecule has 0 fully saturated rings. The van der Waals surface area contributed by atoms with Crippen molar-refractivity contribution >= 4 is 12.1 Å². The number of amides is 1. The lowest BCUT2D eigenvalue weighted by Gasteiger charge is -2.18. The molecule has 2 nitrogen and oxygen atoms in total. The molecule has 0 atom stereocenters. The molecule has 0 saturated heterocycles. The van der Waals surface area contributed by atoms with Crippen LogP contribution in [0.3, 0.4) is 0 Å². The second-order valence-corrected chi connectivity index (χ2v) is 4.21. The first kappa shape index (κ1) is 14.1. The summed E-state index contributed by atoms with van der Waals surface area (Å²) in [6, 6.07) is 13.6. The molecule has 0 aliphatic rings. The Hall–Kier alpha value is -2.30. The second-order valence-electron chi connectivity index (χ2n) is 4.21. The minimum absolute atomic E-state index is 0.165. The first-order valence-electron chi connectivity index (χ1n) is 5.87. The molecule has 0 aromatic heterocycles. The highest BCUT2D eigenvalue weighted by Crippen LogP contribution is 2.31. The maximum Gasteiger partial charge on any atom is 0.416 e. The third-order valence-corrected chi connectivity index (χ3v) is 2.78. The van der Waals surface area contributed by atoms with Gasteiger partial charge < -0.3 is 0 Å². The van der Waals surface area contributed by atoms with Gasteiger partial charge in [-0.1, -0.05) is 36.4 Å². The van der Waals surface area contributed by atoms with Gasteiger partial charge in [0.05, 0.1) is 12.1 Å². The molecule has 1 radical (unpaired) electrons. The number of anilines is 1. The van der Waals surface area contributed by atoms with E-state index in [1.54, 1.807) is 30.7 Å². The monoisotopic (exact) mass is 278 g/mol. The third kappa shape index (κ3) is 3.38. The zero-order valence-electron chi connectivity index (χ0n) is 10.4. The van der Waals surface area contributed by atoms with Crippen LogP contribution in [0.2, 0.25) is 0 Å². The van der Waals surface area contributed by atoms with Crippen molar-refractivity contribution in [1.82, 2.24) is 0 Å². The van der Waals surface area contributed by atoms with Gasteiger partial charge >= 0.3 is 12.6 Å². The number of hydrogen-bond acceptors (Lipinski definition) is 1. The van der Waals surface area contributed by atoms with E-state index < -0.39 is 11.7 Å². The Morgan fingerprint density at radius 1 is 1.00 bits per heavy atom. The Bertz CT molecular complexity index is 581. The number of hydrogen-bond donors (Lipinski definition) is 0. The van der Waals surface area contributed by atoms with Gasteiger partial charge in [-0.05, 0) is 23.8 Å². The minimum Gasteiger partial charge on any atom is -0.300 e. The number of alkyl halides is 3. The van der Waals surface area contributed by atoms with Gasteiger partial charge in [-0.15, -0.1) is 0 Å². The maximum atomic E-state index is 12.6. The molecule has 0 heterocycles. The topological polar surface area (TPSA) is 20.3 Å². The van der Waals surface area contributed by atoms with E-state index in [9.17, 15) is 18.0 Å². The van der Waals surface area contributed by atoms with E-state index in [0.717, 1.165) is 22.6 Å². The molecule has 2 aromatic rings. The highest BCUT2D eigenvalue weighted by molar-refractivity contribution is 5.75. The van der Waals surface area contributed by atoms with Crippen molar-refractivity contribution in [2.75, 3.05) is 4.90 Å². The van der Waals surface area contributed by atoms with Crippen molar-refractivity contribution in [1.29, 1.82) is 0 Å². The van der Waals surface area contributed by atoms with Crippen LogP contribution in [0.4, 0.5) is 18.9 Å². The fraction of sp³-hybridized carbons (Fsp3) is 0.133. The van der Waals surface area contributed by atoms with Crippen LogP contribution >= 0.6 is 0 Å². The Morgan fingerprint density at radius 3 is 2.30 bits per heavy atom. The van der Waals surface area contributed by atoms with Crippen molar-refractivity contribution < 1.29 is 18.0 Å². The van der Waals surface area contributed by atoms with Crippen LogP contribution in [-0.2, 0) is 17.5 Å². The van der Waals surface area contributed by atoms with Crippen molar-refractivity contribution in [3.8, 4) is 0 Å². The Kier molecular flexibility index (Phi) is 4.08. The van der Waals surface area contributed by atoms with Gasteiger partial charge in [0.2, 0.25) is 0 Å². The summed E-state index contributed by atoms with van der Waals surface area (Å²) in [4.78, 5) is 12.1. The molecule has 0 saturated carbocycles. The smallest absolute Gasteiger partial charge is 0.300 e. The largest absolute Gasteiger partial charge is 0.416 e. The normalized spacial score (nSPS) is 11.2. The van der Waals surface area contributed by atoms with Crippen LogP contribution in [0.25, 0.3) is 0 Å². The molecular formula is C15H11F3NO. The van der Waals surface area contributed by atoms with Gasteiger partial charge in [0.15, 0.2) is 0 Å². The van der Waals surface area contributed by atoms with Crippen LogP contribution in [-0.4, -0.2) is 6.41 Å². The molecule has 0 aliphatic carbocycles. The molecular weight excluding hydrogens is 267 g/mol. The summed E-state index contributed by atoms with van der Waals surface area (Å²) < 4.78 is 37.9. The SMILES string of the molecule is O=[C]N(Cc1ccccc1)c1cccc(C(F)(F)F)c1. The van der Waals surface area contributed by atoms with E-state index in [1.165, 1.54) is 12.1 Å². The van der Waals surface area contributed by atoms with Crippen LogP contribution in [0.5, 0.6) is 0 Å². The van der Waals surface area contributed by atoms with Gasteiger partial charge in [0.25, 0.3) is 0 Å². The summed E-state index contributed by atoms with van der Waals surface area (Å²) in [5, 5.41) is 0. The first-order valence-corrected chi connectivity index (χ1v) is 5.87. The van der Waals surface area contributed by atoms with Crippen LogP contribution in [0, 0.1) is 0 Å². The van der Waals surface area contributed by atoms with Gasteiger partial charge in [-0.2, -0.15) is 13.2 Å². The average Bonchev–Trinajstić information content (AvgIpc) is 2.45. The maximum absolute atomic E-state index is 12.6. The minimum atomic E-state index is -4.43. The summed E-state index contributed by atoms with van der Waals surface area (Å²) in [7, 11) is 0. The summed E-state index contributed by atoms with van der Waals surface area (Å²) in [6.07, 6.45) is -2.77. The molecule has 20 heavy (non-hydrogen) atoms. The summed E-state index contributed by atoms with van der Waals surface area (Å²) in [6.45, 7) is 0.172. The molecule has 0 spiro atoms. The molecule has 103 valence electrons. The summed E-state index contributed by atoms with van der Waals surface area (Å²) >= 11 is 0. The number of rotatable bonds is 4. The molecule has 0 aliphatic heterocycles. The molecule has 2 rings (SSSR count). The second kappa shape index (κ2) is 5.77. The van der Waals surface area contributed by atoms with E-state index in [4.69, 9.17) is 0 Å². The highest BCUT2D eigenvalue weighted by atomic mass is 19.4. The van der Waals surface area contributed by atoms with Crippen LogP contribution < -0.4 is 4.90 Å². The molecule has 2 aromatic carbocycles. The van der Waals surface area contributed by atoms with E-state index in [0.29, 0.717) is 0 Å². The van der Waals surface area contributed by atoms with Crippen molar-refractivity contribution in [2.24, 2.45) is 0 Å². The molecule has 0 bridgehead atoms. The summed E-state index contributed by atoms with van der Waals surface area (Å²) in [5.41, 5.74) is 0.190. The fourth-order valence-corrected chi connectivity index (χ4v) is 1.79. The quantitative estimate of drug-likeness (QED) is 0.779. The standard InChI is InChI=1S/C15H11F3NO/c16-15(17,18)13-7-4-8-14(9-13)19(11-20)10-12-5-2-1-3-6-12/h1-9H,10H2. The fourth-order valence-electron chi connectivity index (χ4n) is 1.79. The Labute approximate surface area is 114 Å². The number of nitrogens with zero attached hydrogens (tertiary/aromatic N) is 1. The van der Waals surface area contributed by atoms with Crippen molar-refractivity contribution in [3.05, 3.63) is 65.7 Å². The lowest BCUT2D eigenvalue weighted by molar-refractivity contribution is -0.137. The van der Waals surface area contributed by atoms with E-state index in [1.807, 2.05) is 6.07 Å². The van der Waals surface area contributed by atoms with E-state index in [2.05, 4.69) is 0 Å². The first-order chi connectivity index (χ1) is 9.50. The van der Waals surface area contributed by atoms with Gasteiger partial charge in [0.1, 0.15) is 0 Å². The van der Waals surface area contributed by atoms with E-state index in [-0.39, 0.29) is 12.2 Å². The lowest BCUT2D eigenvalue weighted by atomic mass is 10.1. The molecule has 0 unspecified atom stereocenters. The van der Waals surface area contributed by atoms with E-state index >= 15 is 0 Å². The molecule has 5 heteroatoms. The van der Waals surface area contributed by atoms with Gasteiger partial charge in [-0.3, -0.25) is 9.69 Å². The van der Waals surface area contributed by atoms with Crippen molar-refractivity contribution in [3.63, 3.8) is 0 Å². The highest BCUT2D eigenvalue weighted by Gasteiger charge is 2.30. The lowest BCUT2D eigenvalue weighted by Crippen LogP contribution is -2.20. The summed E-state index contributed by atoms with van der Waals surface area (Å²) in [5.74, 6) is 0. The zero-order chi connectivity index (χ0) is 14.6. The number of halogens is 3. The number of carbonyl (C=O) groups excluding carboxylic acids is 1. The Balaban J connectivity index is 2.26. The molecule has 1 amide bonds. The third-order valence-electron chi connectivity index (χ3n) is 2.78. The van der Waals surface area contributed by atoms with Crippen LogP contribution in [0.1, 0.15) is 11.1 Å². The predicted molar refractivity (Wildman–Crippen MR) is 69.8 cm³/mol. The van der Waals surface area contributed by atoms with Crippen molar-refractivity contribution in [2.45, 2.75) is 12.7 Å². The van der Waals surface area contributed by atoms with Gasteiger partial charge in [-0.25, -0.2) is 0 Å².